The predicted molar refractivity (Wildman–Crippen MR) is 61.4 cm³/mol. The van der Waals surface area contributed by atoms with E-state index in [4.69, 9.17) is 0 Å². The Bertz CT molecular complexity index is 571. The third-order valence-electron chi connectivity index (χ3n) is 2.39. The van der Waals surface area contributed by atoms with Crippen molar-refractivity contribution in [3.63, 3.8) is 0 Å². The van der Waals surface area contributed by atoms with Crippen molar-refractivity contribution in [1.82, 2.24) is 9.97 Å². The number of aryl methyl sites for hydroxylation is 2. The van der Waals surface area contributed by atoms with E-state index in [-0.39, 0.29) is 5.75 Å². The number of aromatic hydroxyl groups is 1. The molecule has 0 aliphatic rings. The number of nitrogens with one attached hydrogen (secondary N) is 1. The van der Waals surface area contributed by atoms with Gasteiger partial charge in [-0.25, -0.2) is 4.98 Å². The maximum atomic E-state index is 11.4. The van der Waals surface area contributed by atoms with Crippen molar-refractivity contribution in [2.24, 2.45) is 0 Å². The average molecular weight is 216 g/mol. The van der Waals surface area contributed by atoms with E-state index in [1.54, 1.807) is 6.92 Å². The van der Waals surface area contributed by atoms with Gasteiger partial charge >= 0.3 is 0 Å². The van der Waals surface area contributed by atoms with Crippen LogP contribution in [0.3, 0.4) is 0 Å². The van der Waals surface area contributed by atoms with Gasteiger partial charge in [-0.2, -0.15) is 0 Å². The van der Waals surface area contributed by atoms with E-state index >= 15 is 0 Å². The smallest absolute Gasteiger partial charge is 0.293 e. The minimum Gasteiger partial charge on any atom is -0.502 e. The van der Waals surface area contributed by atoms with Gasteiger partial charge in [0.1, 0.15) is 5.82 Å². The third kappa shape index (κ3) is 1.82. The van der Waals surface area contributed by atoms with E-state index in [2.05, 4.69) is 9.97 Å². The molecule has 1 aromatic heterocycles. The summed E-state index contributed by atoms with van der Waals surface area (Å²) in [7, 11) is 0. The summed E-state index contributed by atoms with van der Waals surface area (Å²) in [6.45, 7) is 3.59. The Morgan fingerprint density at radius 2 is 1.81 bits per heavy atom. The molecule has 2 N–H and O–H groups in total. The van der Waals surface area contributed by atoms with Gasteiger partial charge in [0.15, 0.2) is 0 Å². The van der Waals surface area contributed by atoms with E-state index in [0.29, 0.717) is 11.5 Å². The van der Waals surface area contributed by atoms with Crippen LogP contribution < -0.4 is 5.56 Å². The lowest BCUT2D eigenvalue weighted by Crippen LogP contribution is -2.10. The van der Waals surface area contributed by atoms with Crippen molar-refractivity contribution in [1.29, 1.82) is 0 Å². The lowest BCUT2D eigenvalue weighted by molar-refractivity contribution is 0.458. The minimum absolute atomic E-state index is 0.323. The zero-order chi connectivity index (χ0) is 11.7. The van der Waals surface area contributed by atoms with E-state index < -0.39 is 5.56 Å². The summed E-state index contributed by atoms with van der Waals surface area (Å²) in [6, 6.07) is 7.64. The average Bonchev–Trinajstić information content (AvgIpc) is 2.26. The molecule has 0 fully saturated rings. The molecule has 4 nitrogen and oxygen atoms in total. The van der Waals surface area contributed by atoms with Crippen LogP contribution in [0.2, 0.25) is 0 Å². The normalized spacial score (nSPS) is 10.4. The maximum absolute atomic E-state index is 11.4. The molecule has 1 heterocycles. The maximum Gasteiger partial charge on any atom is 0.293 e. The first-order chi connectivity index (χ1) is 7.58. The lowest BCUT2D eigenvalue weighted by Gasteiger charge is -2.03. The first-order valence-corrected chi connectivity index (χ1v) is 4.95. The Morgan fingerprint density at radius 1 is 1.19 bits per heavy atom. The van der Waals surface area contributed by atoms with Crippen LogP contribution in [0.25, 0.3) is 11.4 Å². The van der Waals surface area contributed by atoms with Crippen molar-refractivity contribution in [2.45, 2.75) is 13.8 Å². The minimum atomic E-state index is -0.511. The van der Waals surface area contributed by atoms with Crippen LogP contribution in [0.15, 0.2) is 29.1 Å². The highest BCUT2D eigenvalue weighted by Gasteiger charge is 2.07. The molecule has 0 saturated carbocycles. The Balaban J connectivity index is 2.57. The van der Waals surface area contributed by atoms with Crippen LogP contribution in [-0.4, -0.2) is 15.1 Å². The monoisotopic (exact) mass is 216 g/mol. The number of benzene rings is 1. The summed E-state index contributed by atoms with van der Waals surface area (Å²) < 4.78 is 0. The second-order valence-electron chi connectivity index (χ2n) is 3.71. The van der Waals surface area contributed by atoms with Crippen molar-refractivity contribution in [2.75, 3.05) is 0 Å². The Kier molecular flexibility index (Phi) is 2.48. The molecule has 2 rings (SSSR count). The summed E-state index contributed by atoms with van der Waals surface area (Å²) in [4.78, 5) is 18.0. The molecule has 0 saturated heterocycles. The zero-order valence-corrected chi connectivity index (χ0v) is 9.11. The quantitative estimate of drug-likeness (QED) is 0.763. The molecule has 4 heteroatoms. The Morgan fingerprint density at radius 3 is 2.38 bits per heavy atom. The SMILES string of the molecule is Cc1ccc(-c2nc(C)c(O)c(=O)[nH]2)cc1. The fraction of sp³-hybridized carbons (Fsp3) is 0.167. The molecule has 0 atom stereocenters. The van der Waals surface area contributed by atoms with Gasteiger partial charge in [-0.3, -0.25) is 4.79 Å². The van der Waals surface area contributed by atoms with Gasteiger partial charge in [-0.05, 0) is 13.8 Å². The van der Waals surface area contributed by atoms with Gasteiger partial charge in [0.25, 0.3) is 5.56 Å². The van der Waals surface area contributed by atoms with Crippen molar-refractivity contribution < 1.29 is 5.11 Å². The molecule has 16 heavy (non-hydrogen) atoms. The molecule has 82 valence electrons. The van der Waals surface area contributed by atoms with E-state index in [9.17, 15) is 9.90 Å². The molecular weight excluding hydrogens is 204 g/mol. The molecule has 2 aromatic rings. The van der Waals surface area contributed by atoms with Gasteiger partial charge in [0.2, 0.25) is 5.75 Å². The van der Waals surface area contributed by atoms with Crippen LogP contribution in [0.1, 0.15) is 11.3 Å². The topological polar surface area (TPSA) is 66.0 Å². The fourth-order valence-corrected chi connectivity index (χ4v) is 1.43. The molecular formula is C12H12N2O2. The molecule has 0 aliphatic heterocycles. The molecule has 0 bridgehead atoms. The van der Waals surface area contributed by atoms with Crippen molar-refractivity contribution in [3.8, 4) is 17.1 Å². The van der Waals surface area contributed by atoms with E-state index in [0.717, 1.165) is 11.1 Å². The second-order valence-corrected chi connectivity index (χ2v) is 3.71. The van der Waals surface area contributed by atoms with Crippen LogP contribution in [0.5, 0.6) is 5.75 Å². The molecule has 0 radical (unpaired) electrons. The number of aromatic amines is 1. The van der Waals surface area contributed by atoms with Crippen molar-refractivity contribution >= 4 is 0 Å². The third-order valence-corrected chi connectivity index (χ3v) is 2.39. The number of H-pyrrole nitrogens is 1. The standard InChI is InChI=1S/C12H12N2O2/c1-7-3-5-9(6-4-7)11-13-8(2)10(15)12(16)14-11/h3-6,15H,1-2H3,(H,13,14,16). The molecule has 0 unspecified atom stereocenters. The fourth-order valence-electron chi connectivity index (χ4n) is 1.43. The Labute approximate surface area is 92.6 Å². The summed E-state index contributed by atoms with van der Waals surface area (Å²) in [5.41, 5.74) is 1.79. The number of aromatic nitrogens is 2. The lowest BCUT2D eigenvalue weighted by atomic mass is 10.1. The summed E-state index contributed by atoms with van der Waals surface area (Å²) >= 11 is 0. The zero-order valence-electron chi connectivity index (χ0n) is 9.11. The van der Waals surface area contributed by atoms with Crippen LogP contribution in [0, 0.1) is 13.8 Å². The highest BCUT2D eigenvalue weighted by Crippen LogP contribution is 2.16. The van der Waals surface area contributed by atoms with E-state index in [1.165, 1.54) is 0 Å². The van der Waals surface area contributed by atoms with Crippen molar-refractivity contribution in [3.05, 3.63) is 45.9 Å². The predicted octanol–water partition coefficient (Wildman–Crippen LogP) is 1.76. The first-order valence-electron chi connectivity index (χ1n) is 4.95. The molecule has 0 spiro atoms. The largest absolute Gasteiger partial charge is 0.502 e. The highest BCUT2D eigenvalue weighted by molar-refractivity contribution is 5.55. The number of hydrogen-bond acceptors (Lipinski definition) is 3. The number of rotatable bonds is 1. The Hall–Kier alpha value is -2.10. The first kappa shape index (κ1) is 10.4. The second kappa shape index (κ2) is 3.81. The van der Waals surface area contributed by atoms with Gasteiger partial charge in [-0.1, -0.05) is 29.8 Å². The van der Waals surface area contributed by atoms with Gasteiger partial charge < -0.3 is 10.1 Å². The highest BCUT2D eigenvalue weighted by atomic mass is 16.3. The van der Waals surface area contributed by atoms with E-state index in [1.807, 2.05) is 31.2 Å². The van der Waals surface area contributed by atoms with Gasteiger partial charge in [-0.15, -0.1) is 0 Å². The summed E-state index contributed by atoms with van der Waals surface area (Å²) in [5.74, 6) is 0.149. The van der Waals surface area contributed by atoms with Gasteiger partial charge in [0, 0.05) is 5.56 Å². The number of nitrogens with zero attached hydrogens (tertiary/aromatic N) is 1. The number of hydrogen-bond donors (Lipinski definition) is 2. The van der Waals surface area contributed by atoms with Gasteiger partial charge in [0.05, 0.1) is 5.69 Å². The van der Waals surface area contributed by atoms with Crippen LogP contribution in [-0.2, 0) is 0 Å². The molecule has 0 aliphatic carbocycles. The summed E-state index contributed by atoms with van der Waals surface area (Å²) in [6.07, 6.45) is 0. The molecule has 0 amide bonds. The van der Waals surface area contributed by atoms with Crippen LogP contribution in [0.4, 0.5) is 0 Å². The molecule has 1 aromatic carbocycles. The van der Waals surface area contributed by atoms with Crippen LogP contribution >= 0.6 is 0 Å². The summed E-state index contributed by atoms with van der Waals surface area (Å²) in [5, 5.41) is 9.32.